The second kappa shape index (κ2) is 9.05. The van der Waals surface area contributed by atoms with Gasteiger partial charge in [0.1, 0.15) is 17.8 Å². The Hall–Kier alpha value is -3.30. The van der Waals surface area contributed by atoms with Crippen LogP contribution in [0.2, 0.25) is 0 Å². The van der Waals surface area contributed by atoms with Gasteiger partial charge in [0.15, 0.2) is 0 Å². The van der Waals surface area contributed by atoms with Crippen molar-refractivity contribution >= 4 is 5.91 Å². The number of amides is 1. The second-order valence-corrected chi connectivity index (χ2v) is 9.73. The summed E-state index contributed by atoms with van der Waals surface area (Å²) in [6.45, 7) is 6.58. The minimum Gasteiger partial charge on any atom is -0.329 e. The smallest absolute Gasteiger partial charge is 0.250 e. The van der Waals surface area contributed by atoms with Crippen LogP contribution in [0.3, 0.4) is 0 Å². The first kappa shape index (κ1) is 22.2. The van der Waals surface area contributed by atoms with Crippen molar-refractivity contribution in [2.45, 2.75) is 51.1 Å². The van der Waals surface area contributed by atoms with Crippen molar-refractivity contribution in [2.24, 2.45) is 0 Å². The lowest BCUT2D eigenvalue weighted by Gasteiger charge is -2.40. The van der Waals surface area contributed by atoms with Gasteiger partial charge in [0.2, 0.25) is 5.91 Å². The third-order valence-corrected chi connectivity index (χ3v) is 7.50. The Morgan fingerprint density at radius 3 is 2.77 bits per heavy atom. The van der Waals surface area contributed by atoms with Crippen LogP contribution >= 0.6 is 0 Å². The van der Waals surface area contributed by atoms with Gasteiger partial charge in [0.25, 0.3) is 0 Å². The number of hydrazine groups is 1. The monoisotopic (exact) mass is 475 g/mol. The highest BCUT2D eigenvalue weighted by atomic mass is 19.2. The van der Waals surface area contributed by atoms with Crippen LogP contribution in [0.1, 0.15) is 55.0 Å². The maximum Gasteiger partial charge on any atom is 0.250 e. The Morgan fingerprint density at radius 1 is 1.20 bits per heavy atom. The first-order valence-electron chi connectivity index (χ1n) is 12.5. The molecule has 1 aromatic heterocycles. The van der Waals surface area contributed by atoms with Crippen molar-refractivity contribution in [3.05, 3.63) is 82.2 Å². The molecule has 1 saturated heterocycles. The van der Waals surface area contributed by atoms with Crippen molar-refractivity contribution in [1.29, 1.82) is 0 Å². The number of rotatable bonds is 6. The number of halogens is 1. The molecule has 182 valence electrons. The molecule has 2 aromatic rings. The van der Waals surface area contributed by atoms with Gasteiger partial charge in [-0.25, -0.2) is 15.1 Å². The van der Waals surface area contributed by atoms with Gasteiger partial charge in [0, 0.05) is 43.4 Å². The second-order valence-electron chi connectivity index (χ2n) is 9.73. The molecule has 2 atom stereocenters. The molecule has 1 aromatic carbocycles. The summed E-state index contributed by atoms with van der Waals surface area (Å²) in [4.78, 5) is 19.6. The van der Waals surface area contributed by atoms with E-state index in [0.717, 1.165) is 48.5 Å². The van der Waals surface area contributed by atoms with Crippen molar-refractivity contribution in [3.8, 4) is 0 Å². The van der Waals surface area contributed by atoms with Crippen LogP contribution in [-0.4, -0.2) is 50.4 Å². The fraction of sp³-hybridized carbons (Fsp3) is 0.423. The number of likely N-dealkylation sites (tertiary alicyclic amines) is 1. The van der Waals surface area contributed by atoms with Gasteiger partial charge >= 0.3 is 0 Å². The van der Waals surface area contributed by atoms with E-state index in [9.17, 15) is 9.28 Å². The van der Waals surface area contributed by atoms with Gasteiger partial charge in [-0.05, 0) is 54.6 Å². The predicted octanol–water partition coefficient (Wildman–Crippen LogP) is 3.06. The van der Waals surface area contributed by atoms with Gasteiger partial charge in [-0.15, -0.1) is 5.23 Å². The SMILES string of the molecule is CCCn1ncnc1C1C2=CNC(=O)C=C3C2=C(CNN3F)CC1c1ccc(CN2CCC2)cc1. The number of nitrogens with zero attached hydrogens (tertiary/aromatic N) is 5. The molecule has 0 spiro atoms. The molecule has 8 nitrogen and oxygen atoms in total. The van der Waals surface area contributed by atoms with E-state index in [1.54, 1.807) is 12.5 Å². The number of nitrogens with one attached hydrogen (secondary N) is 2. The quantitative estimate of drug-likeness (QED) is 0.626. The van der Waals surface area contributed by atoms with E-state index in [1.165, 1.54) is 36.7 Å². The van der Waals surface area contributed by atoms with Crippen LogP contribution < -0.4 is 10.7 Å². The molecule has 1 fully saturated rings. The summed E-state index contributed by atoms with van der Waals surface area (Å²) in [5, 5.41) is 7.80. The summed E-state index contributed by atoms with van der Waals surface area (Å²) in [5.41, 5.74) is 8.33. The van der Waals surface area contributed by atoms with Gasteiger partial charge < -0.3 is 5.32 Å². The van der Waals surface area contributed by atoms with E-state index in [-0.39, 0.29) is 23.4 Å². The lowest BCUT2D eigenvalue weighted by molar-refractivity contribution is -0.115. The molecule has 0 radical (unpaired) electrons. The number of benzene rings is 1. The molecule has 0 saturated carbocycles. The predicted molar refractivity (Wildman–Crippen MR) is 129 cm³/mol. The minimum atomic E-state index is -0.347. The minimum absolute atomic E-state index is 0.0853. The van der Waals surface area contributed by atoms with E-state index in [4.69, 9.17) is 4.98 Å². The van der Waals surface area contributed by atoms with Crippen molar-refractivity contribution in [1.82, 2.24) is 35.6 Å². The molecule has 1 aliphatic carbocycles. The number of aromatic nitrogens is 3. The first-order valence-corrected chi connectivity index (χ1v) is 12.5. The Bertz CT molecular complexity index is 1220. The fourth-order valence-electron chi connectivity index (χ4n) is 5.70. The summed E-state index contributed by atoms with van der Waals surface area (Å²) in [5.74, 6) is 0.416. The van der Waals surface area contributed by atoms with Crippen LogP contribution in [-0.2, 0) is 17.9 Å². The van der Waals surface area contributed by atoms with Crippen molar-refractivity contribution in [2.75, 3.05) is 19.6 Å². The number of aryl methyl sites for hydroxylation is 1. The standard InChI is InChI=1S/C26H30FN7O/c1-2-8-33-26(29-16-31-33)25-20(18-6-4-17(5-7-18)15-32-9-3-10-32)11-19-13-30-34(27)22-12-23(35)28-14-21(25)24(19)22/h4-7,12,14,16,20,25,30H,2-3,8-11,13,15H2,1H3,(H,28,35). The molecular formula is C26H30FN7O. The summed E-state index contributed by atoms with van der Waals surface area (Å²) < 4.78 is 16.8. The third kappa shape index (κ3) is 3.98. The van der Waals surface area contributed by atoms with Crippen LogP contribution in [0, 0.1) is 0 Å². The van der Waals surface area contributed by atoms with E-state index in [2.05, 4.69) is 51.9 Å². The number of carbonyl (C=O) groups is 1. The fourth-order valence-corrected chi connectivity index (χ4v) is 5.70. The van der Waals surface area contributed by atoms with Crippen LogP contribution in [0.5, 0.6) is 0 Å². The molecule has 3 aliphatic heterocycles. The van der Waals surface area contributed by atoms with E-state index in [0.29, 0.717) is 11.8 Å². The van der Waals surface area contributed by atoms with Crippen molar-refractivity contribution in [3.63, 3.8) is 0 Å². The lowest BCUT2D eigenvalue weighted by Crippen LogP contribution is -2.41. The van der Waals surface area contributed by atoms with E-state index >= 15 is 0 Å². The highest BCUT2D eigenvalue weighted by Gasteiger charge is 2.43. The number of hydrogen-bond acceptors (Lipinski definition) is 6. The lowest BCUT2D eigenvalue weighted by atomic mass is 9.68. The summed E-state index contributed by atoms with van der Waals surface area (Å²) in [6.07, 6.45) is 7.62. The molecule has 0 bridgehead atoms. The van der Waals surface area contributed by atoms with Gasteiger partial charge in [-0.2, -0.15) is 5.10 Å². The summed E-state index contributed by atoms with van der Waals surface area (Å²) >= 11 is 0. The van der Waals surface area contributed by atoms with E-state index < -0.39 is 0 Å². The van der Waals surface area contributed by atoms with Crippen LogP contribution in [0.15, 0.2) is 65.3 Å². The zero-order valence-corrected chi connectivity index (χ0v) is 19.9. The van der Waals surface area contributed by atoms with Gasteiger partial charge in [-0.1, -0.05) is 35.7 Å². The highest BCUT2D eigenvalue weighted by Crippen LogP contribution is 2.52. The molecule has 4 aliphatic rings. The molecule has 9 heteroatoms. The third-order valence-electron chi connectivity index (χ3n) is 7.50. The number of allylic oxidation sites excluding steroid dienone is 1. The molecule has 35 heavy (non-hydrogen) atoms. The molecule has 6 rings (SSSR count). The molecule has 4 heterocycles. The van der Waals surface area contributed by atoms with Gasteiger partial charge in [-0.3, -0.25) is 9.69 Å². The first-order chi connectivity index (χ1) is 17.1. The normalized spacial score (nSPS) is 24.3. The van der Waals surface area contributed by atoms with Crippen LogP contribution in [0.25, 0.3) is 0 Å². The Balaban J connectivity index is 1.45. The Morgan fingerprint density at radius 2 is 2.03 bits per heavy atom. The highest BCUT2D eigenvalue weighted by molar-refractivity contribution is 5.91. The van der Waals surface area contributed by atoms with Crippen LogP contribution in [0.4, 0.5) is 4.48 Å². The molecular weight excluding hydrogens is 445 g/mol. The van der Waals surface area contributed by atoms with Gasteiger partial charge in [0.05, 0.1) is 5.92 Å². The largest absolute Gasteiger partial charge is 0.329 e. The number of carbonyl (C=O) groups excluding carboxylic acids is 1. The summed E-state index contributed by atoms with van der Waals surface area (Å²) in [6, 6.07) is 8.90. The molecule has 2 N–H and O–H groups in total. The average Bonchev–Trinajstić information content (AvgIpc) is 3.21. The Labute approximate surface area is 204 Å². The maximum absolute atomic E-state index is 14.8. The average molecular weight is 476 g/mol. The zero-order chi connectivity index (χ0) is 23.9. The topological polar surface area (TPSA) is 78.3 Å². The Kier molecular flexibility index (Phi) is 5.74. The number of hydrogen-bond donors (Lipinski definition) is 2. The molecule has 2 unspecified atom stereocenters. The summed E-state index contributed by atoms with van der Waals surface area (Å²) in [7, 11) is 0. The van der Waals surface area contributed by atoms with E-state index in [1.807, 2.05) is 4.68 Å². The zero-order valence-electron chi connectivity index (χ0n) is 19.9. The maximum atomic E-state index is 14.8. The molecule has 1 amide bonds. The van der Waals surface area contributed by atoms with Crippen molar-refractivity contribution < 1.29 is 9.28 Å².